The summed E-state index contributed by atoms with van der Waals surface area (Å²) in [5.41, 5.74) is 7.03. The van der Waals surface area contributed by atoms with Gasteiger partial charge in [0.15, 0.2) is 6.29 Å². The maximum absolute atomic E-state index is 12.0. The summed E-state index contributed by atoms with van der Waals surface area (Å²) in [5.74, 6) is -1.19. The number of hydrogen-bond acceptors (Lipinski definition) is 6. The maximum Gasteiger partial charge on any atom is 0.303 e. The van der Waals surface area contributed by atoms with Crippen molar-refractivity contribution in [2.45, 2.75) is 58.0 Å². The third-order valence-corrected chi connectivity index (χ3v) is 8.41. The van der Waals surface area contributed by atoms with E-state index < -0.39 is 12.3 Å². The molecule has 1 aliphatic heterocycles. The molecule has 1 saturated heterocycles. The third-order valence-electron chi connectivity index (χ3n) is 8.41. The summed E-state index contributed by atoms with van der Waals surface area (Å²) < 4.78 is 13.3. The second-order valence-corrected chi connectivity index (χ2v) is 12.0. The van der Waals surface area contributed by atoms with Crippen molar-refractivity contribution < 1.29 is 29.3 Å². The predicted octanol–water partition coefficient (Wildman–Crippen LogP) is 6.25. The normalized spacial score (nSPS) is 19.6. The number of carboxylic acid groups (broad SMARTS) is 1. The SMILES string of the molecule is CC1C(CN(C)Cc2ccccc2)OC(c2ccc(-c3cccc(CNC(=O)CCC(=O)O)c3)cc2)OC1c1ccc(CO)cc1. The Bertz CT molecular complexity index is 1580. The number of aliphatic carboxylic acids is 1. The Balaban J connectivity index is 1.31. The molecule has 0 saturated carbocycles. The molecule has 1 aliphatic rings. The van der Waals surface area contributed by atoms with E-state index in [0.717, 1.165) is 46.5 Å². The number of aliphatic hydroxyl groups is 1. The molecule has 0 aromatic heterocycles. The van der Waals surface area contributed by atoms with Gasteiger partial charge in [-0.15, -0.1) is 0 Å². The van der Waals surface area contributed by atoms with Crippen molar-refractivity contribution in [2.24, 2.45) is 5.92 Å². The lowest BCUT2D eigenvalue weighted by molar-refractivity contribution is -0.276. The molecule has 0 radical (unpaired) electrons. The first-order chi connectivity index (χ1) is 22.3. The van der Waals surface area contributed by atoms with E-state index in [0.29, 0.717) is 6.54 Å². The molecule has 4 aromatic carbocycles. The van der Waals surface area contributed by atoms with Crippen LogP contribution in [-0.4, -0.2) is 46.7 Å². The molecular weight excluding hydrogens is 580 g/mol. The fourth-order valence-corrected chi connectivity index (χ4v) is 5.80. The Kier molecular flexibility index (Phi) is 11.3. The molecule has 8 nitrogen and oxygen atoms in total. The molecule has 4 unspecified atom stereocenters. The zero-order valence-electron chi connectivity index (χ0n) is 26.3. The summed E-state index contributed by atoms with van der Waals surface area (Å²) in [5, 5.41) is 21.1. The highest BCUT2D eigenvalue weighted by molar-refractivity contribution is 5.80. The fourth-order valence-electron chi connectivity index (χ4n) is 5.80. The Morgan fingerprint density at radius 1 is 0.783 bits per heavy atom. The van der Waals surface area contributed by atoms with Gasteiger partial charge in [-0.05, 0) is 46.5 Å². The minimum atomic E-state index is -0.989. The highest BCUT2D eigenvalue weighted by Crippen LogP contribution is 2.42. The van der Waals surface area contributed by atoms with Gasteiger partial charge in [0.2, 0.25) is 5.91 Å². The average Bonchev–Trinajstić information content (AvgIpc) is 3.08. The van der Waals surface area contributed by atoms with Crippen LogP contribution in [0, 0.1) is 5.92 Å². The molecule has 3 N–H and O–H groups in total. The van der Waals surface area contributed by atoms with Gasteiger partial charge in [0.05, 0.1) is 25.2 Å². The lowest BCUT2D eigenvalue weighted by atomic mass is 9.90. The number of carbonyl (C=O) groups is 2. The summed E-state index contributed by atoms with van der Waals surface area (Å²) >= 11 is 0. The van der Waals surface area contributed by atoms with Crippen LogP contribution in [0.25, 0.3) is 11.1 Å². The van der Waals surface area contributed by atoms with Crippen LogP contribution < -0.4 is 5.32 Å². The molecule has 1 fully saturated rings. The van der Waals surface area contributed by atoms with E-state index >= 15 is 0 Å². The summed E-state index contributed by atoms with van der Waals surface area (Å²) in [6.07, 6.45) is -1.07. The molecule has 0 aliphatic carbocycles. The number of aliphatic hydroxyl groups excluding tert-OH is 1. The average molecular weight is 623 g/mol. The number of hydrogen-bond donors (Lipinski definition) is 3. The minimum absolute atomic E-state index is 0.00329. The molecule has 46 heavy (non-hydrogen) atoms. The second-order valence-electron chi connectivity index (χ2n) is 12.0. The van der Waals surface area contributed by atoms with E-state index in [1.54, 1.807) is 0 Å². The number of amides is 1. The second kappa shape index (κ2) is 15.8. The first-order valence-corrected chi connectivity index (χ1v) is 15.7. The van der Waals surface area contributed by atoms with Crippen molar-refractivity contribution in [2.75, 3.05) is 13.6 Å². The van der Waals surface area contributed by atoms with Crippen molar-refractivity contribution in [3.05, 3.63) is 131 Å². The molecular formula is C38H42N2O6. The topological polar surface area (TPSA) is 108 Å². The van der Waals surface area contributed by atoms with Gasteiger partial charge in [0.1, 0.15) is 0 Å². The largest absolute Gasteiger partial charge is 0.481 e. The van der Waals surface area contributed by atoms with Crippen LogP contribution in [0.15, 0.2) is 103 Å². The van der Waals surface area contributed by atoms with Crippen LogP contribution >= 0.6 is 0 Å². The summed E-state index contributed by atoms with van der Waals surface area (Å²) in [6, 6.07) is 34.4. The third kappa shape index (κ3) is 8.89. The van der Waals surface area contributed by atoms with Gasteiger partial charge >= 0.3 is 5.97 Å². The van der Waals surface area contributed by atoms with Gasteiger partial charge in [0, 0.05) is 37.5 Å². The molecule has 0 bridgehead atoms. The van der Waals surface area contributed by atoms with Crippen LogP contribution in [0.1, 0.15) is 60.0 Å². The molecule has 4 atom stereocenters. The van der Waals surface area contributed by atoms with Crippen molar-refractivity contribution in [1.82, 2.24) is 10.2 Å². The molecule has 1 heterocycles. The van der Waals surface area contributed by atoms with Gasteiger partial charge < -0.3 is 25.0 Å². The van der Waals surface area contributed by atoms with E-state index in [-0.39, 0.29) is 43.5 Å². The van der Waals surface area contributed by atoms with Crippen LogP contribution in [0.4, 0.5) is 0 Å². The van der Waals surface area contributed by atoms with Crippen molar-refractivity contribution in [3.63, 3.8) is 0 Å². The number of benzene rings is 4. The standard InChI is InChI=1S/C38H42N2O6/c1-26-34(24-40(2)23-27-7-4-3-5-8-27)45-38(46-37(26)31-13-11-28(25-41)12-14-31)32-17-15-30(16-18-32)33-10-6-9-29(21-33)22-39-35(42)19-20-36(43)44/h3-18,21,26,34,37-38,41H,19-20,22-25H2,1-2H3,(H,39,42)(H,43,44). The zero-order chi connectivity index (χ0) is 32.5. The zero-order valence-corrected chi connectivity index (χ0v) is 26.3. The minimum Gasteiger partial charge on any atom is -0.481 e. The smallest absolute Gasteiger partial charge is 0.303 e. The van der Waals surface area contributed by atoms with E-state index in [4.69, 9.17) is 14.6 Å². The summed E-state index contributed by atoms with van der Waals surface area (Å²) in [6.45, 7) is 4.05. The molecule has 1 amide bonds. The van der Waals surface area contributed by atoms with Gasteiger partial charge in [-0.1, -0.05) is 104 Å². The fraction of sp³-hybridized carbons (Fsp3) is 0.316. The molecule has 0 spiro atoms. The highest BCUT2D eigenvalue weighted by Gasteiger charge is 2.38. The number of rotatable bonds is 13. The van der Waals surface area contributed by atoms with Gasteiger partial charge in [-0.25, -0.2) is 0 Å². The monoisotopic (exact) mass is 622 g/mol. The predicted molar refractivity (Wildman–Crippen MR) is 176 cm³/mol. The van der Waals surface area contributed by atoms with E-state index in [9.17, 15) is 14.7 Å². The van der Waals surface area contributed by atoms with Crippen LogP contribution in [0.2, 0.25) is 0 Å². The Labute approximate surface area is 270 Å². The Morgan fingerprint density at radius 2 is 1.48 bits per heavy atom. The van der Waals surface area contributed by atoms with Crippen molar-refractivity contribution in [1.29, 1.82) is 0 Å². The van der Waals surface area contributed by atoms with Crippen molar-refractivity contribution in [3.8, 4) is 11.1 Å². The first-order valence-electron chi connectivity index (χ1n) is 15.7. The quantitative estimate of drug-likeness (QED) is 0.162. The van der Waals surface area contributed by atoms with Gasteiger partial charge in [-0.2, -0.15) is 0 Å². The van der Waals surface area contributed by atoms with E-state index in [2.05, 4.69) is 48.5 Å². The number of likely N-dealkylation sites (N-methyl/N-ethyl adjacent to an activating group) is 1. The number of nitrogens with one attached hydrogen (secondary N) is 1. The number of carboxylic acids is 1. The number of ether oxygens (including phenoxy) is 2. The van der Waals surface area contributed by atoms with E-state index in [1.165, 1.54) is 5.56 Å². The van der Waals surface area contributed by atoms with E-state index in [1.807, 2.05) is 78.9 Å². The lowest BCUT2D eigenvalue weighted by Gasteiger charge is -2.42. The van der Waals surface area contributed by atoms with Crippen LogP contribution in [-0.2, 0) is 38.8 Å². The molecule has 8 heteroatoms. The van der Waals surface area contributed by atoms with Crippen molar-refractivity contribution >= 4 is 11.9 Å². The number of carbonyl (C=O) groups excluding carboxylic acids is 1. The van der Waals surface area contributed by atoms with Crippen LogP contribution in [0.5, 0.6) is 0 Å². The molecule has 4 aromatic rings. The maximum atomic E-state index is 12.0. The highest BCUT2D eigenvalue weighted by atomic mass is 16.7. The van der Waals surface area contributed by atoms with Gasteiger partial charge in [0.25, 0.3) is 0 Å². The summed E-state index contributed by atoms with van der Waals surface area (Å²) in [4.78, 5) is 25.0. The molecule has 5 rings (SSSR count). The Hall–Kier alpha value is -4.34. The molecule has 240 valence electrons. The van der Waals surface area contributed by atoms with Gasteiger partial charge in [-0.3, -0.25) is 14.5 Å². The lowest BCUT2D eigenvalue weighted by Crippen LogP contribution is -2.43. The summed E-state index contributed by atoms with van der Waals surface area (Å²) in [7, 11) is 2.11. The first kappa shape index (κ1) is 33.0. The Morgan fingerprint density at radius 3 is 2.17 bits per heavy atom. The number of nitrogens with zero attached hydrogens (tertiary/aromatic N) is 1. The van der Waals surface area contributed by atoms with Crippen LogP contribution in [0.3, 0.4) is 0 Å².